The lowest BCUT2D eigenvalue weighted by atomic mass is 9.77. The van der Waals surface area contributed by atoms with Crippen LogP contribution in [-0.2, 0) is 14.3 Å². The molecule has 1 fully saturated rings. The maximum Gasteiger partial charge on any atom is 0.296 e. The zero-order chi connectivity index (χ0) is 22.4. The van der Waals surface area contributed by atoms with E-state index in [-0.39, 0.29) is 29.5 Å². The topological polar surface area (TPSA) is 68.7 Å². The van der Waals surface area contributed by atoms with Crippen LogP contribution in [0.15, 0.2) is 48.3 Å². The fourth-order valence-electron chi connectivity index (χ4n) is 4.82. The lowest BCUT2D eigenvalue weighted by Crippen LogP contribution is -2.39. The van der Waals surface area contributed by atoms with E-state index >= 15 is 0 Å². The molecule has 3 unspecified atom stereocenters. The Morgan fingerprint density at radius 3 is 2.66 bits per heavy atom. The van der Waals surface area contributed by atoms with E-state index in [9.17, 15) is 9.59 Å². The molecule has 32 heavy (non-hydrogen) atoms. The van der Waals surface area contributed by atoms with E-state index in [0.29, 0.717) is 23.1 Å². The number of aromatic nitrogens is 1. The first-order valence-electron chi connectivity index (χ1n) is 11.1. The number of rotatable bonds is 5. The summed E-state index contributed by atoms with van der Waals surface area (Å²) in [6, 6.07) is 6.98. The molecule has 0 N–H and O–H groups in total. The van der Waals surface area contributed by atoms with Gasteiger partial charge in [-0.05, 0) is 50.8 Å². The first-order valence-corrected chi connectivity index (χ1v) is 11.9. The summed E-state index contributed by atoms with van der Waals surface area (Å²) in [5.41, 5.74) is 2.20. The number of Topliss-reactive ketones (excluding diaryl/α,β-unsaturated/α-hetero) is 1. The van der Waals surface area contributed by atoms with Crippen molar-refractivity contribution >= 4 is 28.2 Å². The minimum Gasteiger partial charge on any atom is -0.490 e. The summed E-state index contributed by atoms with van der Waals surface area (Å²) in [6.07, 6.45) is 5.15. The van der Waals surface area contributed by atoms with Gasteiger partial charge in [-0.25, -0.2) is 4.98 Å². The maximum atomic E-state index is 13.7. The number of ether oxygens (including phenoxy) is 2. The van der Waals surface area contributed by atoms with Crippen LogP contribution < -0.4 is 9.64 Å². The second kappa shape index (κ2) is 8.20. The molecule has 6 nitrogen and oxygen atoms in total. The number of aryl methyl sites for hydroxylation is 2. The molecule has 3 atom stereocenters. The van der Waals surface area contributed by atoms with Gasteiger partial charge in [0.25, 0.3) is 5.91 Å². The number of hydrogen-bond donors (Lipinski definition) is 0. The highest BCUT2D eigenvalue weighted by atomic mass is 32.1. The average molecular weight is 451 g/mol. The molecule has 0 spiro atoms. The van der Waals surface area contributed by atoms with Crippen molar-refractivity contribution in [3.63, 3.8) is 0 Å². The molecule has 3 aliphatic rings. The van der Waals surface area contributed by atoms with Gasteiger partial charge < -0.3 is 9.47 Å². The molecule has 0 bridgehead atoms. The molecule has 3 heterocycles. The van der Waals surface area contributed by atoms with Crippen LogP contribution in [0.25, 0.3) is 0 Å². The number of fused-ring (bicyclic) bond motifs is 1. The Kier molecular flexibility index (Phi) is 5.37. The molecular formula is C25H26N2O4S. The molecule has 0 saturated heterocycles. The van der Waals surface area contributed by atoms with Crippen molar-refractivity contribution in [1.29, 1.82) is 0 Å². The highest BCUT2D eigenvalue weighted by molar-refractivity contribution is 7.15. The van der Waals surface area contributed by atoms with Crippen molar-refractivity contribution in [1.82, 2.24) is 4.98 Å². The van der Waals surface area contributed by atoms with Gasteiger partial charge in [0.1, 0.15) is 18.5 Å². The van der Waals surface area contributed by atoms with Gasteiger partial charge in [0.2, 0.25) is 0 Å². The SMILES string of the molecule is C=CCOc1ccc(C2C3=C(OC4CCCCC4C3=O)C(=O)N2c2nc(C)c(C)s2)cc1. The number of anilines is 1. The van der Waals surface area contributed by atoms with Gasteiger partial charge in [0, 0.05) is 4.88 Å². The highest BCUT2D eigenvalue weighted by Gasteiger charge is 2.53. The molecular weight excluding hydrogens is 424 g/mol. The lowest BCUT2D eigenvalue weighted by Gasteiger charge is -2.35. The number of nitrogens with zero attached hydrogens (tertiary/aromatic N) is 2. The summed E-state index contributed by atoms with van der Waals surface area (Å²) in [6.45, 7) is 8.00. The molecule has 2 aromatic rings. The van der Waals surface area contributed by atoms with Gasteiger partial charge >= 0.3 is 0 Å². The normalized spacial score (nSPS) is 24.8. The molecule has 0 radical (unpaired) electrons. The summed E-state index contributed by atoms with van der Waals surface area (Å²) < 4.78 is 11.8. The minimum atomic E-state index is -0.550. The number of carbonyl (C=O) groups excluding carboxylic acids is 2. The number of hydrogen-bond acceptors (Lipinski definition) is 6. The second-order valence-corrected chi connectivity index (χ2v) is 9.72. The summed E-state index contributed by atoms with van der Waals surface area (Å²) in [5, 5.41) is 0.593. The van der Waals surface area contributed by atoms with Crippen LogP contribution in [0.3, 0.4) is 0 Å². The maximum absolute atomic E-state index is 13.7. The number of carbonyl (C=O) groups is 2. The van der Waals surface area contributed by atoms with Crippen molar-refractivity contribution in [2.45, 2.75) is 51.7 Å². The Morgan fingerprint density at radius 2 is 1.97 bits per heavy atom. The van der Waals surface area contributed by atoms with Crippen molar-refractivity contribution < 1.29 is 19.1 Å². The van der Waals surface area contributed by atoms with E-state index in [1.807, 2.05) is 38.1 Å². The highest BCUT2D eigenvalue weighted by Crippen LogP contribution is 2.49. The smallest absolute Gasteiger partial charge is 0.296 e. The molecule has 1 amide bonds. The Hall–Kier alpha value is -2.93. The monoisotopic (exact) mass is 450 g/mol. The van der Waals surface area contributed by atoms with Crippen LogP contribution in [0.4, 0.5) is 5.13 Å². The van der Waals surface area contributed by atoms with Gasteiger partial charge in [-0.3, -0.25) is 14.5 Å². The summed E-state index contributed by atoms with van der Waals surface area (Å²) in [5.74, 6) is 0.517. The first kappa shape index (κ1) is 20.9. The molecule has 166 valence electrons. The van der Waals surface area contributed by atoms with Crippen LogP contribution in [0.5, 0.6) is 5.75 Å². The van der Waals surface area contributed by atoms with E-state index in [1.165, 1.54) is 11.3 Å². The Morgan fingerprint density at radius 1 is 1.22 bits per heavy atom. The standard InChI is InChI=1S/C25H26N2O4S/c1-4-13-30-17-11-9-16(10-12-17)21-20-22(28)18-7-5-6-8-19(18)31-23(20)24(29)27(21)25-26-14(2)15(3)32-25/h4,9-12,18-19,21H,1,5-8,13H2,2-3H3. The predicted molar refractivity (Wildman–Crippen MR) is 123 cm³/mol. The molecule has 1 aromatic carbocycles. The number of amides is 1. The summed E-state index contributed by atoms with van der Waals surface area (Å²) in [4.78, 5) is 34.6. The van der Waals surface area contributed by atoms with Crippen molar-refractivity contribution in [3.05, 3.63) is 64.4 Å². The summed E-state index contributed by atoms with van der Waals surface area (Å²) in [7, 11) is 0. The molecule has 1 aromatic heterocycles. The third-order valence-electron chi connectivity index (χ3n) is 6.55. The van der Waals surface area contributed by atoms with Crippen molar-refractivity contribution in [2.75, 3.05) is 11.5 Å². The van der Waals surface area contributed by atoms with Crippen LogP contribution in [0.1, 0.15) is 47.9 Å². The van der Waals surface area contributed by atoms with Crippen LogP contribution in [-0.4, -0.2) is 29.4 Å². The fraction of sp³-hybridized carbons (Fsp3) is 0.400. The van der Waals surface area contributed by atoms with E-state index in [1.54, 1.807) is 11.0 Å². The zero-order valence-corrected chi connectivity index (χ0v) is 19.1. The quantitative estimate of drug-likeness (QED) is 0.611. The van der Waals surface area contributed by atoms with Gasteiger partial charge in [-0.1, -0.05) is 31.2 Å². The number of thiazole rings is 1. The summed E-state index contributed by atoms with van der Waals surface area (Å²) >= 11 is 1.46. The molecule has 7 heteroatoms. The Labute approximate surface area is 191 Å². The van der Waals surface area contributed by atoms with Crippen molar-refractivity contribution in [3.8, 4) is 5.75 Å². The van der Waals surface area contributed by atoms with Gasteiger partial charge in [0.05, 0.1) is 23.2 Å². The van der Waals surface area contributed by atoms with Crippen molar-refractivity contribution in [2.24, 2.45) is 5.92 Å². The molecule has 2 aliphatic heterocycles. The number of ketones is 1. The predicted octanol–water partition coefficient (Wildman–Crippen LogP) is 4.82. The molecule has 5 rings (SSSR count). The average Bonchev–Trinajstić information content (AvgIpc) is 3.29. The largest absolute Gasteiger partial charge is 0.490 e. The fourth-order valence-corrected chi connectivity index (χ4v) is 5.75. The lowest BCUT2D eigenvalue weighted by molar-refractivity contribution is -0.131. The second-order valence-electron chi connectivity index (χ2n) is 8.54. The zero-order valence-electron chi connectivity index (χ0n) is 18.3. The minimum absolute atomic E-state index is 0.0498. The van der Waals surface area contributed by atoms with E-state index in [0.717, 1.165) is 41.8 Å². The third kappa shape index (κ3) is 3.35. The van der Waals surface area contributed by atoms with E-state index in [4.69, 9.17) is 9.47 Å². The molecule has 1 aliphatic carbocycles. The van der Waals surface area contributed by atoms with Crippen LogP contribution in [0, 0.1) is 19.8 Å². The van der Waals surface area contributed by atoms with Crippen LogP contribution in [0.2, 0.25) is 0 Å². The van der Waals surface area contributed by atoms with E-state index < -0.39 is 6.04 Å². The molecule has 1 saturated carbocycles. The first-order chi connectivity index (χ1) is 15.5. The van der Waals surface area contributed by atoms with Gasteiger partial charge in [-0.15, -0.1) is 11.3 Å². The van der Waals surface area contributed by atoms with Gasteiger partial charge in [-0.2, -0.15) is 0 Å². The Bertz CT molecular complexity index is 1100. The Balaban J connectivity index is 1.60. The number of benzene rings is 1. The van der Waals surface area contributed by atoms with E-state index in [2.05, 4.69) is 11.6 Å². The van der Waals surface area contributed by atoms with Gasteiger partial charge in [0.15, 0.2) is 16.7 Å². The van der Waals surface area contributed by atoms with Crippen LogP contribution >= 0.6 is 11.3 Å². The third-order valence-corrected chi connectivity index (χ3v) is 7.62.